The zero-order valence-electron chi connectivity index (χ0n) is 15.4. The van der Waals surface area contributed by atoms with Crippen LogP contribution in [0.1, 0.15) is 70.4 Å². The molecule has 5 heteroatoms. The van der Waals surface area contributed by atoms with Crippen LogP contribution >= 0.6 is 0 Å². The van der Waals surface area contributed by atoms with Gasteiger partial charge in [-0.15, -0.1) is 0 Å². The summed E-state index contributed by atoms with van der Waals surface area (Å²) in [6.07, 6.45) is 10.4. The molecule has 0 aliphatic heterocycles. The molecular formula is C20H31N3O2. The van der Waals surface area contributed by atoms with Crippen LogP contribution in [0.3, 0.4) is 0 Å². The summed E-state index contributed by atoms with van der Waals surface area (Å²) >= 11 is 0. The molecule has 2 rings (SSSR count). The molecule has 2 N–H and O–H groups in total. The third-order valence-electron chi connectivity index (χ3n) is 4.90. The highest BCUT2D eigenvalue weighted by atomic mass is 16.2. The predicted octanol–water partition coefficient (Wildman–Crippen LogP) is 3.14. The van der Waals surface area contributed by atoms with E-state index in [1.165, 1.54) is 0 Å². The van der Waals surface area contributed by atoms with Crippen molar-refractivity contribution < 1.29 is 9.59 Å². The molecule has 0 radical (unpaired) electrons. The predicted molar refractivity (Wildman–Crippen MR) is 99.1 cm³/mol. The minimum Gasteiger partial charge on any atom is -0.354 e. The fourth-order valence-electron chi connectivity index (χ4n) is 3.42. The smallest absolute Gasteiger partial charge is 0.245 e. The Morgan fingerprint density at radius 3 is 2.64 bits per heavy atom. The number of unbranched alkanes of at least 4 members (excludes halogenated alkanes) is 1. The number of carbonyl (C=O) groups excluding carboxylic acids is 2. The second-order valence-electron chi connectivity index (χ2n) is 6.98. The first-order valence-electron chi connectivity index (χ1n) is 9.65. The maximum absolute atomic E-state index is 12.7. The number of carbonyl (C=O) groups is 2. The average Bonchev–Trinajstić information content (AvgIpc) is 2.63. The van der Waals surface area contributed by atoms with Crippen LogP contribution in [0.5, 0.6) is 0 Å². The molecule has 1 aliphatic carbocycles. The minimum atomic E-state index is -0.700. The van der Waals surface area contributed by atoms with Gasteiger partial charge in [0.05, 0.1) is 0 Å². The van der Waals surface area contributed by atoms with Crippen molar-refractivity contribution in [3.8, 4) is 0 Å². The summed E-state index contributed by atoms with van der Waals surface area (Å²) in [5.41, 5.74) is 0.300. The van der Waals surface area contributed by atoms with Gasteiger partial charge in [0.2, 0.25) is 11.8 Å². The Hall–Kier alpha value is -1.91. The maximum Gasteiger partial charge on any atom is 0.245 e. The monoisotopic (exact) mass is 345 g/mol. The first kappa shape index (κ1) is 19.4. The van der Waals surface area contributed by atoms with Crippen molar-refractivity contribution in [2.24, 2.45) is 0 Å². The molecule has 5 nitrogen and oxygen atoms in total. The maximum atomic E-state index is 12.7. The molecule has 0 unspecified atom stereocenters. The minimum absolute atomic E-state index is 0.00118. The Bertz CT molecular complexity index is 539. The van der Waals surface area contributed by atoms with E-state index < -0.39 is 5.54 Å². The highest BCUT2D eigenvalue weighted by molar-refractivity contribution is 5.91. The number of pyridine rings is 1. The lowest BCUT2D eigenvalue weighted by Crippen LogP contribution is -2.59. The molecule has 0 saturated heterocycles. The number of amides is 2. The summed E-state index contributed by atoms with van der Waals surface area (Å²) in [6, 6.07) is 5.82. The molecule has 1 heterocycles. The van der Waals surface area contributed by atoms with Crippen LogP contribution in [-0.4, -0.2) is 28.9 Å². The van der Waals surface area contributed by atoms with E-state index >= 15 is 0 Å². The van der Waals surface area contributed by atoms with Crippen molar-refractivity contribution in [2.45, 2.75) is 76.7 Å². The molecular weight excluding hydrogens is 314 g/mol. The highest BCUT2D eigenvalue weighted by Crippen LogP contribution is 2.28. The Kier molecular flexibility index (Phi) is 7.89. The average molecular weight is 345 g/mol. The largest absolute Gasteiger partial charge is 0.354 e. The number of aryl methyl sites for hydroxylation is 1. The van der Waals surface area contributed by atoms with Crippen molar-refractivity contribution in [1.82, 2.24) is 15.6 Å². The third-order valence-corrected chi connectivity index (χ3v) is 4.90. The lowest BCUT2D eigenvalue weighted by atomic mass is 9.80. The summed E-state index contributed by atoms with van der Waals surface area (Å²) in [6.45, 7) is 2.79. The van der Waals surface area contributed by atoms with E-state index in [2.05, 4.69) is 22.5 Å². The lowest BCUT2D eigenvalue weighted by Gasteiger charge is -2.36. The van der Waals surface area contributed by atoms with E-state index in [9.17, 15) is 9.59 Å². The van der Waals surface area contributed by atoms with Gasteiger partial charge in [-0.1, -0.05) is 38.7 Å². The summed E-state index contributed by atoms with van der Waals surface area (Å²) in [4.78, 5) is 29.4. The van der Waals surface area contributed by atoms with Gasteiger partial charge < -0.3 is 10.6 Å². The Morgan fingerprint density at radius 1 is 1.16 bits per heavy atom. The van der Waals surface area contributed by atoms with Crippen LogP contribution in [0.4, 0.5) is 0 Å². The van der Waals surface area contributed by atoms with Gasteiger partial charge in [0.25, 0.3) is 0 Å². The molecule has 25 heavy (non-hydrogen) atoms. The van der Waals surface area contributed by atoms with E-state index in [0.717, 1.165) is 63.5 Å². The van der Waals surface area contributed by atoms with Crippen LogP contribution in [0.15, 0.2) is 24.4 Å². The van der Waals surface area contributed by atoms with Crippen molar-refractivity contribution in [3.63, 3.8) is 0 Å². The van der Waals surface area contributed by atoms with Crippen molar-refractivity contribution in [3.05, 3.63) is 30.1 Å². The highest BCUT2D eigenvalue weighted by Gasteiger charge is 2.40. The van der Waals surface area contributed by atoms with Crippen LogP contribution in [0.2, 0.25) is 0 Å². The number of hydrogen-bond acceptors (Lipinski definition) is 3. The summed E-state index contributed by atoms with van der Waals surface area (Å²) in [5, 5.41) is 6.09. The molecule has 1 saturated carbocycles. The second-order valence-corrected chi connectivity index (χ2v) is 6.98. The molecule has 0 spiro atoms. The molecule has 0 atom stereocenters. The van der Waals surface area contributed by atoms with Crippen LogP contribution in [0.25, 0.3) is 0 Å². The SMILES string of the molecule is CCCCNC(=O)C1(NC(=O)CCCc2ccccn2)CCCCC1. The topological polar surface area (TPSA) is 71.1 Å². The molecule has 1 aromatic heterocycles. The zero-order chi connectivity index (χ0) is 18.0. The summed E-state index contributed by atoms with van der Waals surface area (Å²) in [7, 11) is 0. The fraction of sp³-hybridized carbons (Fsp3) is 0.650. The van der Waals surface area contributed by atoms with Crippen molar-refractivity contribution in [1.29, 1.82) is 0 Å². The van der Waals surface area contributed by atoms with Crippen LogP contribution in [-0.2, 0) is 16.0 Å². The van der Waals surface area contributed by atoms with Crippen molar-refractivity contribution in [2.75, 3.05) is 6.54 Å². The molecule has 0 bridgehead atoms. The van der Waals surface area contributed by atoms with E-state index in [0.29, 0.717) is 13.0 Å². The molecule has 138 valence electrons. The van der Waals surface area contributed by atoms with Crippen LogP contribution in [0, 0.1) is 0 Å². The van der Waals surface area contributed by atoms with Gasteiger partial charge in [-0.25, -0.2) is 0 Å². The Morgan fingerprint density at radius 2 is 1.96 bits per heavy atom. The molecule has 2 amide bonds. The van der Waals surface area contributed by atoms with Gasteiger partial charge in [0.1, 0.15) is 5.54 Å². The fourth-order valence-corrected chi connectivity index (χ4v) is 3.42. The van der Waals surface area contributed by atoms with Gasteiger partial charge in [0, 0.05) is 24.9 Å². The van der Waals surface area contributed by atoms with Gasteiger partial charge in [-0.3, -0.25) is 14.6 Å². The van der Waals surface area contributed by atoms with Crippen LogP contribution < -0.4 is 10.6 Å². The van der Waals surface area contributed by atoms with Gasteiger partial charge in [-0.2, -0.15) is 0 Å². The number of rotatable bonds is 9. The van der Waals surface area contributed by atoms with E-state index in [4.69, 9.17) is 0 Å². The summed E-state index contributed by atoms with van der Waals surface area (Å²) < 4.78 is 0. The van der Waals surface area contributed by atoms with Gasteiger partial charge >= 0.3 is 0 Å². The number of nitrogens with zero attached hydrogens (tertiary/aromatic N) is 1. The third kappa shape index (κ3) is 6.15. The van der Waals surface area contributed by atoms with E-state index in [-0.39, 0.29) is 11.8 Å². The first-order valence-corrected chi connectivity index (χ1v) is 9.65. The van der Waals surface area contributed by atoms with E-state index in [1.807, 2.05) is 18.2 Å². The zero-order valence-corrected chi connectivity index (χ0v) is 15.4. The van der Waals surface area contributed by atoms with Gasteiger partial charge in [-0.05, 0) is 44.2 Å². The quantitative estimate of drug-likeness (QED) is 0.676. The molecule has 1 fully saturated rings. The molecule has 1 aromatic rings. The van der Waals surface area contributed by atoms with E-state index in [1.54, 1.807) is 6.20 Å². The second kappa shape index (κ2) is 10.2. The van der Waals surface area contributed by atoms with Crippen molar-refractivity contribution >= 4 is 11.8 Å². The Balaban J connectivity index is 1.85. The normalized spacial score (nSPS) is 16.2. The standard InChI is InChI=1S/C20H31N3O2/c1-2-3-15-22-19(25)20(13-6-4-7-14-20)23-18(24)12-9-11-17-10-5-8-16-21-17/h5,8,10,16H,2-4,6-7,9,11-15H2,1H3,(H,22,25)(H,23,24). The summed E-state index contributed by atoms with van der Waals surface area (Å²) in [5.74, 6) is -0.0257. The number of aromatic nitrogens is 1. The number of hydrogen-bond donors (Lipinski definition) is 2. The van der Waals surface area contributed by atoms with Gasteiger partial charge in [0.15, 0.2) is 0 Å². The lowest BCUT2D eigenvalue weighted by molar-refractivity contribution is -0.135. The number of nitrogens with one attached hydrogen (secondary N) is 2. The Labute approximate surface area is 151 Å². The first-order chi connectivity index (χ1) is 12.2. The molecule has 1 aliphatic rings. The molecule has 0 aromatic carbocycles.